The molecule has 126 valence electrons. The summed E-state index contributed by atoms with van der Waals surface area (Å²) in [5.74, 6) is 0.510. The zero-order valence-electron chi connectivity index (χ0n) is 12.8. The minimum Gasteiger partial charge on any atom is -0.441 e. The van der Waals surface area contributed by atoms with Gasteiger partial charge >= 0.3 is 6.09 Å². The van der Waals surface area contributed by atoms with Crippen molar-refractivity contribution in [1.29, 1.82) is 0 Å². The number of pyridine rings is 1. The normalized spacial score (nSPS) is 17.2. The van der Waals surface area contributed by atoms with E-state index in [2.05, 4.69) is 4.98 Å². The smallest absolute Gasteiger partial charge is 0.416 e. The van der Waals surface area contributed by atoms with E-state index in [-0.39, 0.29) is 6.61 Å². The fourth-order valence-corrected chi connectivity index (χ4v) is 3.15. The lowest BCUT2D eigenvalue weighted by molar-refractivity contribution is 0.0963. The molecule has 0 aliphatic carbocycles. The number of aryl methyl sites for hydroxylation is 1. The van der Waals surface area contributed by atoms with Gasteiger partial charge in [0.15, 0.2) is 0 Å². The molecule has 1 aromatic carbocycles. The molecule has 24 heavy (non-hydrogen) atoms. The zero-order chi connectivity index (χ0) is 17.1. The Labute approximate surface area is 149 Å². The van der Waals surface area contributed by atoms with Crippen molar-refractivity contribution >= 4 is 35.1 Å². The quantitative estimate of drug-likeness (QED) is 0.879. The van der Waals surface area contributed by atoms with Gasteiger partial charge in [0.1, 0.15) is 11.9 Å². The highest BCUT2D eigenvalue weighted by atomic mass is 35.5. The van der Waals surface area contributed by atoms with Gasteiger partial charge in [-0.15, -0.1) is 0 Å². The predicted molar refractivity (Wildman–Crippen MR) is 92.8 cm³/mol. The van der Waals surface area contributed by atoms with E-state index in [1.807, 2.05) is 24.3 Å². The first kappa shape index (κ1) is 17.0. The van der Waals surface area contributed by atoms with Gasteiger partial charge in [-0.05, 0) is 42.2 Å². The minimum absolute atomic E-state index is 0.196. The van der Waals surface area contributed by atoms with Crippen molar-refractivity contribution in [2.24, 2.45) is 0 Å². The Morgan fingerprint density at radius 2 is 1.96 bits per heavy atom. The fourth-order valence-electron chi connectivity index (χ4n) is 2.57. The molecule has 1 N–H and O–H groups in total. The van der Waals surface area contributed by atoms with E-state index < -0.39 is 12.2 Å². The molecular weight excluding hydrogens is 351 g/mol. The number of halogens is 2. The maximum Gasteiger partial charge on any atom is 0.416 e. The van der Waals surface area contributed by atoms with Gasteiger partial charge in [-0.1, -0.05) is 35.3 Å². The van der Waals surface area contributed by atoms with Gasteiger partial charge in [0, 0.05) is 16.2 Å². The van der Waals surface area contributed by atoms with Crippen LogP contribution in [0.1, 0.15) is 11.1 Å². The molecule has 1 unspecified atom stereocenters. The number of aliphatic hydroxyl groups excluding tert-OH is 1. The summed E-state index contributed by atoms with van der Waals surface area (Å²) in [5, 5.41) is 10.4. The van der Waals surface area contributed by atoms with Gasteiger partial charge in [0.05, 0.1) is 13.2 Å². The molecule has 1 aliphatic heterocycles. The van der Waals surface area contributed by atoms with E-state index in [0.717, 1.165) is 17.5 Å². The fraction of sp³-hybridized carbons (Fsp3) is 0.294. The van der Waals surface area contributed by atoms with Crippen molar-refractivity contribution < 1.29 is 14.6 Å². The van der Waals surface area contributed by atoms with Gasteiger partial charge in [0.2, 0.25) is 0 Å². The van der Waals surface area contributed by atoms with Crippen LogP contribution in [0.25, 0.3) is 0 Å². The van der Waals surface area contributed by atoms with Crippen molar-refractivity contribution in [2.75, 3.05) is 18.1 Å². The summed E-state index contributed by atoms with van der Waals surface area (Å²) in [4.78, 5) is 17.5. The van der Waals surface area contributed by atoms with Crippen molar-refractivity contribution in [3.05, 3.63) is 57.7 Å². The third-order valence-electron chi connectivity index (χ3n) is 3.89. The number of ether oxygens (including phenoxy) is 1. The minimum atomic E-state index is -0.499. The van der Waals surface area contributed by atoms with Crippen molar-refractivity contribution in [3.63, 3.8) is 0 Å². The topological polar surface area (TPSA) is 62.7 Å². The summed E-state index contributed by atoms with van der Waals surface area (Å²) in [6.45, 7) is 0.107. The molecule has 2 aromatic rings. The standard InChI is InChI=1S/C17H16Cl2N2O3/c18-14-2-1-3-15(19)13(14)6-4-11-5-7-16(20-8-11)21-9-12(10-22)24-17(21)23/h1-3,5,7-8,12,22H,4,6,9-10H2. The average molecular weight is 367 g/mol. The molecule has 7 heteroatoms. The van der Waals surface area contributed by atoms with Gasteiger partial charge < -0.3 is 9.84 Å². The zero-order valence-corrected chi connectivity index (χ0v) is 14.3. The second-order valence-electron chi connectivity index (χ2n) is 5.52. The maximum absolute atomic E-state index is 11.7. The molecule has 1 aliphatic rings. The summed E-state index contributed by atoms with van der Waals surface area (Å²) >= 11 is 12.3. The Balaban J connectivity index is 1.66. The number of anilines is 1. The van der Waals surface area contributed by atoms with E-state index in [4.69, 9.17) is 33.0 Å². The first-order valence-electron chi connectivity index (χ1n) is 7.55. The summed E-state index contributed by atoms with van der Waals surface area (Å²) in [6.07, 6.45) is 2.18. The summed E-state index contributed by atoms with van der Waals surface area (Å²) in [5.41, 5.74) is 1.93. The largest absolute Gasteiger partial charge is 0.441 e. The average Bonchev–Trinajstić information content (AvgIpc) is 2.96. The first-order chi connectivity index (χ1) is 11.6. The number of nitrogens with zero attached hydrogens (tertiary/aromatic N) is 2. The monoisotopic (exact) mass is 366 g/mol. The van der Waals surface area contributed by atoms with Crippen LogP contribution >= 0.6 is 23.2 Å². The van der Waals surface area contributed by atoms with Crippen LogP contribution in [0.15, 0.2) is 36.5 Å². The van der Waals surface area contributed by atoms with Crippen LogP contribution in [0, 0.1) is 0 Å². The molecular formula is C17H16Cl2N2O3. The second kappa shape index (κ2) is 7.38. The second-order valence-corrected chi connectivity index (χ2v) is 6.34. The van der Waals surface area contributed by atoms with Crippen LogP contribution in [-0.2, 0) is 17.6 Å². The van der Waals surface area contributed by atoms with Crippen LogP contribution in [0.5, 0.6) is 0 Å². The summed E-state index contributed by atoms with van der Waals surface area (Å²) in [7, 11) is 0. The number of cyclic esters (lactones) is 1. The van der Waals surface area contributed by atoms with Crippen molar-refractivity contribution in [1.82, 2.24) is 4.98 Å². The Bertz CT molecular complexity index is 717. The molecule has 0 radical (unpaired) electrons. The Hall–Kier alpha value is -1.82. The molecule has 0 saturated carbocycles. The van der Waals surface area contributed by atoms with Gasteiger partial charge in [-0.3, -0.25) is 4.90 Å². The molecule has 0 spiro atoms. The first-order valence-corrected chi connectivity index (χ1v) is 8.31. The van der Waals surface area contributed by atoms with E-state index in [1.54, 1.807) is 12.3 Å². The molecule has 5 nitrogen and oxygen atoms in total. The van der Waals surface area contributed by atoms with E-state index in [0.29, 0.717) is 28.8 Å². The maximum atomic E-state index is 11.7. The highest BCUT2D eigenvalue weighted by Crippen LogP contribution is 2.26. The lowest BCUT2D eigenvalue weighted by Gasteiger charge is -2.12. The lowest BCUT2D eigenvalue weighted by Crippen LogP contribution is -2.26. The van der Waals surface area contributed by atoms with Crippen molar-refractivity contribution in [2.45, 2.75) is 18.9 Å². The number of carbonyl (C=O) groups is 1. The molecule has 1 atom stereocenters. The molecule has 1 aromatic heterocycles. The van der Waals surface area contributed by atoms with E-state index in [9.17, 15) is 4.79 Å². The molecule has 2 heterocycles. The molecule has 3 rings (SSSR count). The number of amides is 1. The van der Waals surface area contributed by atoms with Gasteiger partial charge in [-0.25, -0.2) is 9.78 Å². The summed E-state index contributed by atoms with van der Waals surface area (Å²) in [6, 6.07) is 9.14. The summed E-state index contributed by atoms with van der Waals surface area (Å²) < 4.78 is 5.01. The van der Waals surface area contributed by atoms with Crippen LogP contribution in [-0.4, -0.2) is 35.4 Å². The molecule has 0 bridgehead atoms. The molecule has 1 saturated heterocycles. The number of carbonyl (C=O) groups excluding carboxylic acids is 1. The van der Waals surface area contributed by atoms with Crippen LogP contribution < -0.4 is 4.90 Å². The number of aliphatic hydroxyl groups is 1. The lowest BCUT2D eigenvalue weighted by atomic mass is 10.1. The SMILES string of the molecule is O=C1OC(CO)CN1c1ccc(CCc2c(Cl)cccc2Cl)cn1. The predicted octanol–water partition coefficient (Wildman–Crippen LogP) is 3.49. The number of hydrogen-bond donors (Lipinski definition) is 1. The highest BCUT2D eigenvalue weighted by Gasteiger charge is 2.32. The highest BCUT2D eigenvalue weighted by molar-refractivity contribution is 6.35. The number of rotatable bonds is 5. The van der Waals surface area contributed by atoms with Crippen LogP contribution in [0.3, 0.4) is 0 Å². The number of benzene rings is 1. The number of aromatic nitrogens is 1. The molecule has 1 fully saturated rings. The number of hydrogen-bond acceptors (Lipinski definition) is 4. The van der Waals surface area contributed by atoms with Crippen molar-refractivity contribution in [3.8, 4) is 0 Å². The third-order valence-corrected chi connectivity index (χ3v) is 4.60. The van der Waals surface area contributed by atoms with Crippen LogP contribution in [0.4, 0.5) is 10.6 Å². The molecule has 1 amide bonds. The Morgan fingerprint density at radius 1 is 1.21 bits per heavy atom. The Morgan fingerprint density at radius 3 is 2.54 bits per heavy atom. The third kappa shape index (κ3) is 3.64. The van der Waals surface area contributed by atoms with Gasteiger partial charge in [0.25, 0.3) is 0 Å². The Kier molecular flexibility index (Phi) is 5.23. The van der Waals surface area contributed by atoms with E-state index in [1.165, 1.54) is 4.90 Å². The van der Waals surface area contributed by atoms with Crippen LogP contribution in [0.2, 0.25) is 10.0 Å². The van der Waals surface area contributed by atoms with E-state index >= 15 is 0 Å². The van der Waals surface area contributed by atoms with Gasteiger partial charge in [-0.2, -0.15) is 0 Å².